The Labute approximate surface area is 304 Å². The van der Waals surface area contributed by atoms with Crippen molar-refractivity contribution in [2.45, 2.75) is 109 Å². The maximum absolute atomic E-state index is 14.4. The zero-order valence-corrected chi connectivity index (χ0v) is 27.2. The van der Waals surface area contributed by atoms with E-state index in [4.69, 9.17) is 0 Å². The third-order valence-corrected chi connectivity index (χ3v) is 7.66. The molecule has 1 amide bonds. The number of alkyl halides is 29. The lowest BCUT2D eigenvalue weighted by Gasteiger charge is -2.46. The molecule has 0 aromatic heterocycles. The highest BCUT2D eigenvalue weighted by atomic mass is 19.4. The Kier molecular flexibility index (Phi) is 13.1. The smallest absolute Gasteiger partial charge is 0.349 e. The number of hydrogen-bond acceptors (Lipinski definition) is 3. The van der Waals surface area contributed by atoms with Gasteiger partial charge in [0, 0.05) is 12.5 Å². The molecule has 0 aliphatic rings. The molecular weight excluding hydrogens is 923 g/mol. The number of benzene rings is 1. The van der Waals surface area contributed by atoms with E-state index < -0.39 is 113 Å². The minimum Gasteiger partial charge on any atom is -0.349 e. The van der Waals surface area contributed by atoms with Crippen LogP contribution in [0, 0.1) is 6.92 Å². The van der Waals surface area contributed by atoms with Gasteiger partial charge in [-0.1, -0.05) is 6.07 Å². The van der Waals surface area contributed by atoms with Gasteiger partial charge in [-0.3, -0.25) is 4.79 Å². The standard InChI is InChI=1S/C26H13F29N2O2/c1-8-3-4-10(11(5-8)56-7-58)12(59)57-9(2)6-13(27,28)14(29,30)15(31,32)16(33,34)17(35,36)18(37,38)19(39,40)20(41,42)21(43,44)22(45,46)23(47,48)24(49,50)25(51,52)26(53,54)55/h3-5,9H,6H2,1-2H3,(H,57,59). The molecule has 0 fully saturated rings. The maximum Gasteiger partial charge on any atom is 0.460 e. The van der Waals surface area contributed by atoms with Gasteiger partial charge in [0.2, 0.25) is 6.08 Å². The Balaban J connectivity index is 3.80. The van der Waals surface area contributed by atoms with E-state index in [9.17, 15) is 137 Å². The predicted octanol–water partition coefficient (Wildman–Crippen LogP) is 11.3. The Morgan fingerprint density at radius 2 is 0.814 bits per heavy atom. The first-order valence-electron chi connectivity index (χ1n) is 14.0. The summed E-state index contributed by atoms with van der Waals surface area (Å²) in [4.78, 5) is 25.8. The summed E-state index contributed by atoms with van der Waals surface area (Å²) in [6.07, 6.45) is -10.7. The molecule has 0 aliphatic heterocycles. The molecular formula is C26H13F29N2O2. The van der Waals surface area contributed by atoms with Gasteiger partial charge in [0.05, 0.1) is 11.3 Å². The lowest BCUT2D eigenvalue weighted by molar-refractivity contribution is -0.487. The molecule has 1 unspecified atom stereocenters. The van der Waals surface area contributed by atoms with E-state index >= 15 is 0 Å². The fraction of sp³-hybridized carbons (Fsp3) is 0.692. The summed E-state index contributed by atoms with van der Waals surface area (Å²) in [5.74, 6) is -123. The van der Waals surface area contributed by atoms with Crippen molar-refractivity contribution in [1.82, 2.24) is 5.32 Å². The van der Waals surface area contributed by atoms with Crippen molar-refractivity contribution < 1.29 is 137 Å². The molecule has 59 heavy (non-hydrogen) atoms. The number of carbonyl (C=O) groups is 1. The van der Waals surface area contributed by atoms with Crippen LogP contribution in [0.3, 0.4) is 0 Å². The van der Waals surface area contributed by atoms with Crippen LogP contribution in [0.2, 0.25) is 0 Å². The number of halogens is 29. The van der Waals surface area contributed by atoms with Gasteiger partial charge < -0.3 is 5.32 Å². The lowest BCUT2D eigenvalue weighted by Crippen LogP contribution is -2.79. The zero-order valence-electron chi connectivity index (χ0n) is 27.2. The molecule has 1 rings (SSSR count). The molecule has 0 bridgehead atoms. The second kappa shape index (κ2) is 14.6. The van der Waals surface area contributed by atoms with E-state index in [0.29, 0.717) is 6.07 Å². The molecule has 4 nitrogen and oxygen atoms in total. The number of nitrogens with one attached hydrogen (secondary N) is 1. The molecule has 0 aliphatic carbocycles. The van der Waals surface area contributed by atoms with Crippen molar-refractivity contribution in [3.8, 4) is 0 Å². The second-order valence-electron chi connectivity index (χ2n) is 11.9. The van der Waals surface area contributed by atoms with Gasteiger partial charge in [-0.05, 0) is 31.5 Å². The normalized spacial score (nSPS) is 16.1. The number of carbonyl (C=O) groups excluding carboxylic acids is 2. The lowest BCUT2D eigenvalue weighted by atomic mass is 9.83. The summed E-state index contributed by atoms with van der Waals surface area (Å²) in [5.41, 5.74) is -1.40. The van der Waals surface area contributed by atoms with Crippen molar-refractivity contribution in [3.63, 3.8) is 0 Å². The summed E-state index contributed by atoms with van der Waals surface area (Å²) in [7, 11) is 0. The van der Waals surface area contributed by atoms with Crippen LogP contribution in [0.25, 0.3) is 0 Å². The monoisotopic (exact) mass is 936 g/mol. The molecule has 0 saturated carbocycles. The van der Waals surface area contributed by atoms with E-state index in [1.165, 1.54) is 12.2 Å². The molecule has 1 aromatic rings. The minimum absolute atomic E-state index is 0.0695. The molecule has 1 atom stereocenters. The fourth-order valence-electron chi connectivity index (χ4n) is 4.22. The molecule has 1 N–H and O–H groups in total. The minimum atomic E-state index is -10.00. The third-order valence-electron chi connectivity index (χ3n) is 7.66. The summed E-state index contributed by atoms with van der Waals surface area (Å²) in [5, 5.41) is 1.23. The highest BCUT2D eigenvalue weighted by Gasteiger charge is 3.00. The van der Waals surface area contributed by atoms with E-state index in [1.54, 1.807) is 0 Å². The Hall–Kier alpha value is -3.96. The number of aliphatic imine (C=N–C) groups is 1. The van der Waals surface area contributed by atoms with Gasteiger partial charge >= 0.3 is 83.2 Å². The van der Waals surface area contributed by atoms with Crippen molar-refractivity contribution in [1.29, 1.82) is 0 Å². The van der Waals surface area contributed by atoms with Crippen molar-refractivity contribution in [2.75, 3.05) is 0 Å². The van der Waals surface area contributed by atoms with Crippen LogP contribution in [-0.2, 0) is 4.79 Å². The van der Waals surface area contributed by atoms with Gasteiger partial charge in [0.1, 0.15) is 0 Å². The van der Waals surface area contributed by atoms with E-state index in [2.05, 4.69) is 4.99 Å². The van der Waals surface area contributed by atoms with Crippen LogP contribution in [0.1, 0.15) is 29.3 Å². The average molecular weight is 936 g/mol. The van der Waals surface area contributed by atoms with Crippen LogP contribution in [0.15, 0.2) is 23.2 Å². The number of isocyanates is 1. The number of nitrogens with zero attached hydrogens (tertiary/aromatic N) is 1. The largest absolute Gasteiger partial charge is 0.460 e. The van der Waals surface area contributed by atoms with Crippen molar-refractivity contribution >= 4 is 17.7 Å². The number of amides is 1. The SMILES string of the molecule is Cc1ccc(C(=O)NC(C)CC(F)(F)C(F)(F)C(F)(F)C(F)(F)C(F)(F)C(F)(F)C(F)(F)C(F)(F)C(F)(F)C(F)(F)C(F)(F)C(F)(F)C(F)(F)C(F)(F)F)c(N=C=O)c1. The van der Waals surface area contributed by atoms with E-state index in [-0.39, 0.29) is 12.5 Å². The molecule has 33 heteroatoms. The third kappa shape index (κ3) is 7.25. The first-order valence-corrected chi connectivity index (χ1v) is 14.0. The molecule has 0 spiro atoms. The summed E-state index contributed by atoms with van der Waals surface area (Å²) < 4.78 is 398. The average Bonchev–Trinajstić information content (AvgIpc) is 3.02. The van der Waals surface area contributed by atoms with E-state index in [1.807, 2.05) is 0 Å². The van der Waals surface area contributed by atoms with Crippen LogP contribution in [0.5, 0.6) is 0 Å². The van der Waals surface area contributed by atoms with Gasteiger partial charge in [-0.25, -0.2) is 4.79 Å². The molecule has 0 radical (unpaired) electrons. The molecule has 0 saturated heterocycles. The first-order chi connectivity index (χ1) is 25.5. The second-order valence-corrected chi connectivity index (χ2v) is 11.9. The van der Waals surface area contributed by atoms with Crippen LogP contribution >= 0.6 is 0 Å². The summed E-state index contributed by atoms with van der Waals surface area (Å²) in [6, 6.07) is -0.297. The van der Waals surface area contributed by atoms with Crippen molar-refractivity contribution in [2.24, 2.45) is 4.99 Å². The van der Waals surface area contributed by atoms with Gasteiger partial charge in [-0.2, -0.15) is 132 Å². The zero-order chi connectivity index (χ0) is 47.8. The summed E-state index contributed by atoms with van der Waals surface area (Å²) >= 11 is 0. The summed E-state index contributed by atoms with van der Waals surface area (Å²) in [6.45, 7) is 1.33. The number of rotatable bonds is 17. The quantitative estimate of drug-likeness (QED) is 0.0961. The predicted molar refractivity (Wildman–Crippen MR) is 131 cm³/mol. The number of aryl methyl sites for hydroxylation is 1. The Morgan fingerprint density at radius 1 is 0.525 bits per heavy atom. The van der Waals surface area contributed by atoms with Crippen LogP contribution < -0.4 is 5.32 Å². The highest BCUT2D eigenvalue weighted by molar-refractivity contribution is 5.99. The van der Waals surface area contributed by atoms with Gasteiger partial charge in [0.25, 0.3) is 5.91 Å². The van der Waals surface area contributed by atoms with Crippen LogP contribution in [0.4, 0.5) is 133 Å². The Bertz CT molecular complexity index is 1770. The van der Waals surface area contributed by atoms with Crippen molar-refractivity contribution in [3.05, 3.63) is 29.3 Å². The van der Waals surface area contributed by atoms with Gasteiger partial charge in [0.15, 0.2) is 0 Å². The Morgan fingerprint density at radius 3 is 1.10 bits per heavy atom. The number of hydrogen-bond donors (Lipinski definition) is 1. The highest BCUT2D eigenvalue weighted by Crippen LogP contribution is 2.69. The molecule has 0 heterocycles. The topological polar surface area (TPSA) is 58.5 Å². The maximum atomic E-state index is 14.4. The van der Waals surface area contributed by atoms with E-state index in [0.717, 1.165) is 18.2 Å². The first kappa shape index (κ1) is 53.1. The molecule has 342 valence electrons. The fourth-order valence-corrected chi connectivity index (χ4v) is 4.22. The van der Waals surface area contributed by atoms with Crippen LogP contribution in [-0.4, -0.2) is 101 Å². The molecule has 1 aromatic carbocycles. The van der Waals surface area contributed by atoms with Gasteiger partial charge in [-0.15, -0.1) is 0 Å².